The van der Waals surface area contributed by atoms with Gasteiger partial charge >= 0.3 is 6.18 Å². The number of hydrogen-bond acceptors (Lipinski definition) is 6. The third-order valence-electron chi connectivity index (χ3n) is 5.73. The Morgan fingerprint density at radius 2 is 1.79 bits per heavy atom. The van der Waals surface area contributed by atoms with Crippen LogP contribution in [0.1, 0.15) is 40.9 Å². The molecule has 1 fully saturated rings. The number of nitrogens with zero attached hydrogens (tertiary/aromatic N) is 4. The number of hydrogen-bond donors (Lipinski definition) is 0. The Kier molecular flexibility index (Phi) is 6.58. The van der Waals surface area contributed by atoms with Crippen LogP contribution < -0.4 is 4.90 Å². The Bertz CT molecular complexity index is 1210. The van der Waals surface area contributed by atoms with E-state index in [1.54, 1.807) is 12.1 Å². The lowest BCUT2D eigenvalue weighted by molar-refractivity contribution is -0.385. The smallest absolute Gasteiger partial charge is 0.372 e. The third kappa shape index (κ3) is 5.22. The maximum absolute atomic E-state index is 13.0. The number of benzene rings is 2. The summed E-state index contributed by atoms with van der Waals surface area (Å²) in [6, 6.07) is 9.27. The van der Waals surface area contributed by atoms with Gasteiger partial charge < -0.3 is 4.90 Å². The first-order chi connectivity index (χ1) is 16.2. The number of carbonyl (C=O) groups excluding carboxylic acids is 1. The molecule has 1 saturated heterocycles. The Morgan fingerprint density at radius 3 is 2.44 bits per heavy atom. The number of rotatable bonds is 6. The van der Waals surface area contributed by atoms with Crippen LogP contribution in [0, 0.1) is 10.1 Å². The number of ketones is 1. The Hall–Kier alpha value is -3.82. The molecule has 0 N–H and O–H groups in total. The molecule has 2 aromatic carbocycles. The molecule has 0 atom stereocenters. The van der Waals surface area contributed by atoms with E-state index >= 15 is 0 Å². The van der Waals surface area contributed by atoms with Gasteiger partial charge in [-0.2, -0.15) is 13.2 Å². The van der Waals surface area contributed by atoms with E-state index in [0.29, 0.717) is 0 Å². The summed E-state index contributed by atoms with van der Waals surface area (Å²) in [5.74, 6) is -0.480. The Labute approximate surface area is 193 Å². The monoisotopic (exact) mass is 470 g/mol. The first kappa shape index (κ1) is 23.3. The molecule has 0 aliphatic carbocycles. The zero-order valence-electron chi connectivity index (χ0n) is 18.1. The van der Waals surface area contributed by atoms with E-state index in [0.717, 1.165) is 50.2 Å². The van der Waals surface area contributed by atoms with Crippen molar-refractivity contribution >= 4 is 17.2 Å². The first-order valence-corrected chi connectivity index (χ1v) is 10.8. The summed E-state index contributed by atoms with van der Waals surface area (Å²) in [5.41, 5.74) is 0.409. The number of piperidine rings is 1. The second kappa shape index (κ2) is 9.58. The maximum Gasteiger partial charge on any atom is 0.416 e. The van der Waals surface area contributed by atoms with Gasteiger partial charge in [0.25, 0.3) is 5.69 Å². The maximum atomic E-state index is 13.0. The average molecular weight is 470 g/mol. The fourth-order valence-electron chi connectivity index (χ4n) is 3.97. The third-order valence-corrected chi connectivity index (χ3v) is 5.73. The number of nitro benzene ring substituents is 1. The van der Waals surface area contributed by atoms with Crippen molar-refractivity contribution in [1.82, 2.24) is 9.97 Å². The molecule has 176 valence electrons. The number of Topliss-reactive ketones (excluding diaryl/α,β-unsaturated/α-hetero) is 1. The van der Waals surface area contributed by atoms with Crippen LogP contribution in [-0.2, 0) is 12.6 Å². The minimum absolute atomic E-state index is 0.00294. The van der Waals surface area contributed by atoms with Crippen molar-refractivity contribution in [2.45, 2.75) is 31.9 Å². The van der Waals surface area contributed by atoms with Gasteiger partial charge in [0.1, 0.15) is 0 Å². The molecule has 0 radical (unpaired) electrons. The van der Waals surface area contributed by atoms with E-state index in [4.69, 9.17) is 0 Å². The van der Waals surface area contributed by atoms with Gasteiger partial charge in [-0.05, 0) is 43.5 Å². The van der Waals surface area contributed by atoms with E-state index in [1.165, 1.54) is 30.6 Å². The lowest BCUT2D eigenvalue weighted by Crippen LogP contribution is -2.29. The van der Waals surface area contributed by atoms with E-state index in [2.05, 4.69) is 14.9 Å². The van der Waals surface area contributed by atoms with E-state index < -0.39 is 22.4 Å². The fraction of sp³-hybridized carbons (Fsp3) is 0.292. The number of halogens is 3. The summed E-state index contributed by atoms with van der Waals surface area (Å²) in [7, 11) is 0. The summed E-state index contributed by atoms with van der Waals surface area (Å²) in [6.07, 6.45) is 1.06. The molecule has 1 aliphatic rings. The van der Waals surface area contributed by atoms with Gasteiger partial charge in [-0.25, -0.2) is 0 Å². The zero-order chi connectivity index (χ0) is 24.3. The first-order valence-electron chi connectivity index (χ1n) is 10.8. The van der Waals surface area contributed by atoms with Crippen molar-refractivity contribution in [3.63, 3.8) is 0 Å². The number of nitro groups is 1. The Balaban J connectivity index is 1.55. The second-order valence-electron chi connectivity index (χ2n) is 8.08. The molecule has 4 rings (SSSR count). The molecular formula is C24H21F3N4O3. The van der Waals surface area contributed by atoms with Crippen molar-refractivity contribution in [3.05, 3.63) is 81.8 Å². The van der Waals surface area contributed by atoms with Crippen LogP contribution in [0.3, 0.4) is 0 Å². The highest BCUT2D eigenvalue weighted by atomic mass is 19.4. The molecule has 0 unspecified atom stereocenters. The molecule has 10 heteroatoms. The van der Waals surface area contributed by atoms with Crippen LogP contribution in [-0.4, -0.2) is 33.8 Å². The van der Waals surface area contributed by atoms with Gasteiger partial charge in [-0.15, -0.1) is 0 Å². The Morgan fingerprint density at radius 1 is 1.03 bits per heavy atom. The number of carbonyl (C=O) groups is 1. The minimum atomic E-state index is -4.48. The van der Waals surface area contributed by atoms with E-state index in [-0.39, 0.29) is 34.6 Å². The predicted molar refractivity (Wildman–Crippen MR) is 120 cm³/mol. The number of anilines is 1. The van der Waals surface area contributed by atoms with Gasteiger partial charge in [0, 0.05) is 36.6 Å². The minimum Gasteiger partial charge on any atom is -0.372 e. The molecule has 0 spiro atoms. The van der Waals surface area contributed by atoms with Crippen LogP contribution in [0.4, 0.5) is 24.5 Å². The molecule has 1 aromatic heterocycles. The average Bonchev–Trinajstić information content (AvgIpc) is 2.84. The van der Waals surface area contributed by atoms with Gasteiger partial charge in [0.05, 0.1) is 40.1 Å². The lowest BCUT2D eigenvalue weighted by atomic mass is 10.0. The molecule has 7 nitrogen and oxygen atoms in total. The van der Waals surface area contributed by atoms with Crippen LogP contribution in [0.15, 0.2) is 54.9 Å². The molecule has 0 amide bonds. The highest BCUT2D eigenvalue weighted by molar-refractivity contribution is 6.01. The van der Waals surface area contributed by atoms with Crippen molar-refractivity contribution < 1.29 is 22.9 Å². The molecular weight excluding hydrogens is 449 g/mol. The molecule has 0 saturated carbocycles. The van der Waals surface area contributed by atoms with Gasteiger partial charge in [-0.3, -0.25) is 24.9 Å². The number of alkyl halides is 3. The predicted octanol–water partition coefficient (Wildman–Crippen LogP) is 5.49. The highest BCUT2D eigenvalue weighted by Crippen LogP contribution is 2.32. The summed E-state index contributed by atoms with van der Waals surface area (Å²) in [6.45, 7) is 1.65. The molecule has 0 bridgehead atoms. The van der Waals surface area contributed by atoms with Crippen molar-refractivity contribution in [2.24, 2.45) is 0 Å². The normalized spacial score (nSPS) is 14.1. The summed E-state index contributed by atoms with van der Waals surface area (Å²) >= 11 is 0. The fourth-order valence-corrected chi connectivity index (χ4v) is 3.97. The molecule has 3 aromatic rings. The van der Waals surface area contributed by atoms with Crippen molar-refractivity contribution in [1.29, 1.82) is 0 Å². The van der Waals surface area contributed by atoms with Gasteiger partial charge in [-0.1, -0.05) is 12.1 Å². The summed E-state index contributed by atoms with van der Waals surface area (Å²) in [5, 5.41) is 11.5. The number of aromatic nitrogens is 2. The van der Waals surface area contributed by atoms with E-state index in [9.17, 15) is 28.1 Å². The van der Waals surface area contributed by atoms with Crippen LogP contribution >= 0.6 is 0 Å². The topological polar surface area (TPSA) is 89.2 Å². The van der Waals surface area contributed by atoms with Gasteiger partial charge in [0.2, 0.25) is 0 Å². The molecule has 2 heterocycles. The van der Waals surface area contributed by atoms with Crippen LogP contribution in [0.25, 0.3) is 11.3 Å². The molecule has 34 heavy (non-hydrogen) atoms. The summed E-state index contributed by atoms with van der Waals surface area (Å²) < 4.78 is 38.9. The highest BCUT2D eigenvalue weighted by Gasteiger charge is 2.30. The largest absolute Gasteiger partial charge is 0.416 e. The van der Waals surface area contributed by atoms with Gasteiger partial charge in [0.15, 0.2) is 5.78 Å². The van der Waals surface area contributed by atoms with E-state index in [1.807, 2.05) is 0 Å². The van der Waals surface area contributed by atoms with Crippen LogP contribution in [0.5, 0.6) is 0 Å². The molecule has 1 aliphatic heterocycles. The second-order valence-corrected chi connectivity index (χ2v) is 8.08. The SMILES string of the molecule is O=C(Cc1cnc(-c2cccc(C(F)(F)F)c2)cn1)c1cc(N2CCCCC2)ccc1[N+](=O)[O-]. The van der Waals surface area contributed by atoms with Crippen molar-refractivity contribution in [3.8, 4) is 11.3 Å². The zero-order valence-corrected chi connectivity index (χ0v) is 18.1. The van der Waals surface area contributed by atoms with Crippen LogP contribution in [0.2, 0.25) is 0 Å². The van der Waals surface area contributed by atoms with Crippen molar-refractivity contribution in [2.75, 3.05) is 18.0 Å². The quantitative estimate of drug-likeness (QED) is 0.269. The lowest BCUT2D eigenvalue weighted by Gasteiger charge is -2.29. The summed E-state index contributed by atoms with van der Waals surface area (Å²) in [4.78, 5) is 34.3. The standard InChI is InChI=1S/C24H21F3N4O3/c25-24(26,27)17-6-4-5-16(11-17)21-15-28-18(14-29-21)12-23(32)20-13-19(7-8-22(20)31(33)34)30-9-2-1-3-10-30/h4-8,11,13-15H,1-3,9-10,12H2.